The Labute approximate surface area is 233 Å². The molecule has 7 nitrogen and oxygen atoms in total. The maximum absolute atomic E-state index is 14.5. The Morgan fingerprint density at radius 3 is 2.07 bits per heavy atom. The van der Waals surface area contributed by atoms with Crippen molar-refractivity contribution < 1.29 is 23.7 Å². The molecule has 0 aromatic heterocycles. The molecule has 4 aromatic rings. The molecule has 0 bridgehead atoms. The quantitative estimate of drug-likeness (QED) is 0.134. The van der Waals surface area contributed by atoms with E-state index in [1.807, 2.05) is 41.3 Å². The van der Waals surface area contributed by atoms with Gasteiger partial charge in [-0.3, -0.25) is 24.5 Å². The smallest absolute Gasteiger partial charge is 0.269 e. The number of nitro groups is 1. The standard InChI is InChI=1S/C33H21FN2O5/c34-22-14-9-20(10-15-22)28-29(30(37)21-11-16-23(17-12-21)36(40)41)35-26-8-4-1-5-19(26)13-18-27(35)33(28)31(38)24-6-2-3-7-25(24)32(33)39/h1-18,27-29H/t27-,28+,29-/m1/s1. The van der Waals surface area contributed by atoms with Gasteiger partial charge in [0, 0.05) is 40.4 Å². The third-order valence-electron chi connectivity index (χ3n) is 8.57. The maximum Gasteiger partial charge on any atom is 0.269 e. The van der Waals surface area contributed by atoms with E-state index in [0.29, 0.717) is 22.4 Å². The lowest BCUT2D eigenvalue weighted by Gasteiger charge is -2.37. The summed E-state index contributed by atoms with van der Waals surface area (Å²) in [5.74, 6) is -2.65. The van der Waals surface area contributed by atoms with Crippen molar-refractivity contribution in [2.24, 2.45) is 5.41 Å². The minimum atomic E-state index is -1.70. The number of rotatable bonds is 4. The molecule has 1 spiro atoms. The summed E-state index contributed by atoms with van der Waals surface area (Å²) in [6, 6.07) is 23.1. The highest BCUT2D eigenvalue weighted by Gasteiger charge is 2.71. The number of para-hydroxylation sites is 1. The molecule has 8 heteroatoms. The molecule has 200 valence electrons. The van der Waals surface area contributed by atoms with E-state index in [2.05, 4.69) is 0 Å². The van der Waals surface area contributed by atoms with E-state index in [9.17, 15) is 28.9 Å². The molecule has 3 aliphatic rings. The summed E-state index contributed by atoms with van der Waals surface area (Å²) < 4.78 is 14.1. The van der Waals surface area contributed by atoms with Gasteiger partial charge in [0.05, 0.1) is 11.0 Å². The van der Waals surface area contributed by atoms with E-state index in [1.165, 1.54) is 48.5 Å². The number of anilines is 1. The van der Waals surface area contributed by atoms with Crippen LogP contribution in [0.2, 0.25) is 0 Å². The van der Waals surface area contributed by atoms with Gasteiger partial charge in [-0.15, -0.1) is 0 Å². The van der Waals surface area contributed by atoms with Crippen molar-refractivity contribution in [3.05, 3.63) is 147 Å². The fourth-order valence-electron chi connectivity index (χ4n) is 6.88. The van der Waals surface area contributed by atoms with Crippen molar-refractivity contribution in [1.82, 2.24) is 0 Å². The first kappa shape index (κ1) is 24.8. The van der Waals surface area contributed by atoms with Crippen molar-refractivity contribution in [2.75, 3.05) is 4.90 Å². The summed E-state index contributed by atoms with van der Waals surface area (Å²) in [5, 5.41) is 11.3. The van der Waals surface area contributed by atoms with Gasteiger partial charge in [-0.2, -0.15) is 0 Å². The number of nitro benzene ring substituents is 1. The topological polar surface area (TPSA) is 97.6 Å². The van der Waals surface area contributed by atoms with E-state index in [4.69, 9.17) is 0 Å². The first-order chi connectivity index (χ1) is 19.8. The maximum atomic E-state index is 14.5. The number of benzene rings is 4. The number of halogens is 1. The molecule has 2 heterocycles. The molecule has 7 rings (SSSR count). The molecule has 4 aromatic carbocycles. The summed E-state index contributed by atoms with van der Waals surface area (Å²) in [7, 11) is 0. The van der Waals surface area contributed by atoms with Crippen LogP contribution >= 0.6 is 0 Å². The van der Waals surface area contributed by atoms with Crippen molar-refractivity contribution in [3.8, 4) is 0 Å². The fraction of sp³-hybridized carbons (Fsp3) is 0.121. The number of ketones is 3. The van der Waals surface area contributed by atoms with Gasteiger partial charge in [0.15, 0.2) is 17.3 Å². The molecule has 3 atom stereocenters. The van der Waals surface area contributed by atoms with Crippen LogP contribution in [0.25, 0.3) is 6.08 Å². The molecule has 1 fully saturated rings. The SMILES string of the molecule is O=C(c1ccc([N+](=O)[O-])cc1)[C@H]1[C@H](c2ccc(F)cc2)C2(C(=O)c3ccccc3C2=O)[C@H]2C=Cc3ccccc3N12. The summed E-state index contributed by atoms with van der Waals surface area (Å²) in [6.07, 6.45) is 3.67. The second-order valence-electron chi connectivity index (χ2n) is 10.5. The minimum Gasteiger partial charge on any atom is -0.352 e. The Kier molecular flexibility index (Phi) is 5.37. The molecule has 0 unspecified atom stereocenters. The number of fused-ring (bicyclic) bond motifs is 5. The Hall–Kier alpha value is -5.24. The predicted molar refractivity (Wildman–Crippen MR) is 150 cm³/mol. The third-order valence-corrected chi connectivity index (χ3v) is 8.57. The highest BCUT2D eigenvalue weighted by atomic mass is 19.1. The molecular formula is C33H21FN2O5. The second-order valence-corrected chi connectivity index (χ2v) is 10.5. The van der Waals surface area contributed by atoms with E-state index in [1.54, 1.807) is 24.3 Å². The number of nitrogens with zero attached hydrogens (tertiary/aromatic N) is 2. The molecule has 2 aliphatic heterocycles. The average Bonchev–Trinajstić information content (AvgIpc) is 3.43. The first-order valence-corrected chi connectivity index (χ1v) is 13.1. The van der Waals surface area contributed by atoms with Gasteiger partial charge >= 0.3 is 0 Å². The van der Waals surface area contributed by atoms with Gasteiger partial charge in [0.1, 0.15) is 17.3 Å². The number of hydrogen-bond acceptors (Lipinski definition) is 6. The molecule has 0 saturated carbocycles. The lowest BCUT2D eigenvalue weighted by Crippen LogP contribution is -2.48. The van der Waals surface area contributed by atoms with Crippen LogP contribution in [0.15, 0.2) is 103 Å². The zero-order valence-electron chi connectivity index (χ0n) is 21.4. The van der Waals surface area contributed by atoms with Crippen LogP contribution in [0, 0.1) is 21.3 Å². The monoisotopic (exact) mass is 544 g/mol. The highest BCUT2D eigenvalue weighted by Crippen LogP contribution is 2.60. The van der Waals surface area contributed by atoms with Crippen molar-refractivity contribution in [2.45, 2.75) is 18.0 Å². The second kappa shape index (κ2) is 8.89. The van der Waals surface area contributed by atoms with Gasteiger partial charge in [-0.05, 0) is 41.5 Å². The Balaban J connectivity index is 1.52. The van der Waals surface area contributed by atoms with Crippen LogP contribution in [0.1, 0.15) is 48.1 Å². The highest BCUT2D eigenvalue weighted by molar-refractivity contribution is 6.32. The lowest BCUT2D eigenvalue weighted by atomic mass is 9.64. The van der Waals surface area contributed by atoms with Crippen LogP contribution in [0.3, 0.4) is 0 Å². The largest absolute Gasteiger partial charge is 0.352 e. The van der Waals surface area contributed by atoms with Crippen molar-refractivity contribution in [1.29, 1.82) is 0 Å². The van der Waals surface area contributed by atoms with Crippen LogP contribution in [0.5, 0.6) is 0 Å². The van der Waals surface area contributed by atoms with Gasteiger partial charge in [0.25, 0.3) is 5.69 Å². The molecule has 0 N–H and O–H groups in total. The number of carbonyl (C=O) groups excluding carboxylic acids is 3. The average molecular weight is 545 g/mol. The third kappa shape index (κ3) is 3.34. The van der Waals surface area contributed by atoms with E-state index in [0.717, 1.165) is 5.56 Å². The Bertz CT molecular complexity index is 1780. The molecular weight excluding hydrogens is 523 g/mol. The number of Topliss-reactive ketones (excluding diaryl/α,β-unsaturated/α-hetero) is 3. The van der Waals surface area contributed by atoms with E-state index in [-0.39, 0.29) is 22.8 Å². The predicted octanol–water partition coefficient (Wildman–Crippen LogP) is 6.05. The Morgan fingerprint density at radius 1 is 0.829 bits per heavy atom. The summed E-state index contributed by atoms with van der Waals surface area (Å²) in [6.45, 7) is 0. The van der Waals surface area contributed by atoms with Crippen LogP contribution < -0.4 is 4.90 Å². The number of non-ortho nitro benzene ring substituents is 1. The summed E-state index contributed by atoms with van der Waals surface area (Å²) in [4.78, 5) is 56.2. The summed E-state index contributed by atoms with van der Waals surface area (Å²) in [5.41, 5.74) is 0.886. The zero-order valence-corrected chi connectivity index (χ0v) is 21.4. The number of hydrogen-bond donors (Lipinski definition) is 0. The zero-order chi connectivity index (χ0) is 28.5. The lowest BCUT2D eigenvalue weighted by molar-refractivity contribution is -0.384. The van der Waals surface area contributed by atoms with Crippen LogP contribution in [-0.4, -0.2) is 34.4 Å². The van der Waals surface area contributed by atoms with Crippen molar-refractivity contribution in [3.63, 3.8) is 0 Å². The van der Waals surface area contributed by atoms with Crippen molar-refractivity contribution >= 4 is 34.8 Å². The van der Waals surface area contributed by atoms with Gasteiger partial charge in [-0.1, -0.05) is 66.7 Å². The van der Waals surface area contributed by atoms with E-state index < -0.39 is 39.9 Å². The van der Waals surface area contributed by atoms with Gasteiger partial charge in [-0.25, -0.2) is 4.39 Å². The van der Waals surface area contributed by atoms with Gasteiger partial charge < -0.3 is 4.90 Å². The molecule has 0 amide bonds. The van der Waals surface area contributed by atoms with Crippen LogP contribution in [0.4, 0.5) is 15.8 Å². The van der Waals surface area contributed by atoms with Gasteiger partial charge in [0.2, 0.25) is 0 Å². The number of carbonyl (C=O) groups is 3. The fourth-order valence-corrected chi connectivity index (χ4v) is 6.88. The molecule has 41 heavy (non-hydrogen) atoms. The van der Waals surface area contributed by atoms with E-state index >= 15 is 0 Å². The first-order valence-electron chi connectivity index (χ1n) is 13.1. The normalized spacial score (nSPS) is 21.5. The molecule has 1 aliphatic carbocycles. The molecule has 1 saturated heterocycles. The minimum absolute atomic E-state index is 0.166. The Morgan fingerprint density at radius 2 is 1.44 bits per heavy atom. The molecule has 0 radical (unpaired) electrons. The summed E-state index contributed by atoms with van der Waals surface area (Å²) >= 11 is 0. The van der Waals surface area contributed by atoms with Crippen LogP contribution in [-0.2, 0) is 0 Å².